The van der Waals surface area contributed by atoms with Gasteiger partial charge in [-0.3, -0.25) is 0 Å². The molecule has 74 valence electrons. The molecule has 1 saturated heterocycles. The largest absolute Gasteiger partial charge is 0.478 e. The van der Waals surface area contributed by atoms with Gasteiger partial charge in [0.05, 0.1) is 11.0 Å². The van der Waals surface area contributed by atoms with Gasteiger partial charge in [-0.05, 0) is 25.8 Å². The maximum atomic E-state index is 11.3. The zero-order valence-electron chi connectivity index (χ0n) is 7.57. The molecule has 1 aliphatic rings. The first-order valence-corrected chi connectivity index (χ1v) is 5.72. The van der Waals surface area contributed by atoms with Crippen LogP contribution in [-0.4, -0.2) is 30.5 Å². The van der Waals surface area contributed by atoms with Crippen molar-refractivity contribution < 1.29 is 18.3 Å². The Morgan fingerprint density at radius 2 is 2.08 bits per heavy atom. The highest BCUT2D eigenvalue weighted by Gasteiger charge is 2.33. The Balaban J connectivity index is 3.14. The summed E-state index contributed by atoms with van der Waals surface area (Å²) in [5.41, 5.74) is 0.723. The maximum absolute atomic E-state index is 11.3. The molecule has 0 spiro atoms. The van der Waals surface area contributed by atoms with E-state index in [4.69, 9.17) is 5.11 Å². The van der Waals surface area contributed by atoms with Crippen molar-refractivity contribution in [3.8, 4) is 0 Å². The van der Waals surface area contributed by atoms with E-state index >= 15 is 0 Å². The molecule has 1 fully saturated rings. The summed E-state index contributed by atoms with van der Waals surface area (Å²) >= 11 is 0. The Morgan fingerprint density at radius 1 is 1.54 bits per heavy atom. The summed E-state index contributed by atoms with van der Waals surface area (Å²) in [6, 6.07) is 0. The molecular weight excluding hydrogens is 192 g/mol. The van der Waals surface area contributed by atoms with Crippen molar-refractivity contribution in [2.24, 2.45) is 0 Å². The molecule has 0 aromatic rings. The molecular formula is C8H12O4S. The van der Waals surface area contributed by atoms with E-state index in [1.165, 1.54) is 6.92 Å². The average Bonchev–Trinajstić information content (AvgIpc) is 2.27. The van der Waals surface area contributed by atoms with Gasteiger partial charge in [-0.1, -0.05) is 0 Å². The monoisotopic (exact) mass is 204 g/mol. The minimum Gasteiger partial charge on any atom is -0.478 e. The molecule has 0 aliphatic carbocycles. The van der Waals surface area contributed by atoms with E-state index in [0.29, 0.717) is 12.0 Å². The van der Waals surface area contributed by atoms with Crippen molar-refractivity contribution in [2.45, 2.75) is 25.5 Å². The summed E-state index contributed by atoms with van der Waals surface area (Å²) in [5, 5.41) is 8.06. The molecule has 4 nitrogen and oxygen atoms in total. The quantitative estimate of drug-likeness (QED) is 0.635. The number of carbonyl (C=O) groups is 1. The smallest absolute Gasteiger partial charge is 0.331 e. The van der Waals surface area contributed by atoms with E-state index in [9.17, 15) is 13.2 Å². The van der Waals surface area contributed by atoms with Crippen LogP contribution in [0.1, 0.15) is 20.3 Å². The van der Waals surface area contributed by atoms with Gasteiger partial charge in [-0.25, -0.2) is 13.2 Å². The number of carboxylic acid groups (broad SMARTS) is 1. The molecule has 1 unspecified atom stereocenters. The maximum Gasteiger partial charge on any atom is 0.331 e. The van der Waals surface area contributed by atoms with Crippen molar-refractivity contribution >= 4 is 15.8 Å². The third kappa shape index (κ3) is 1.75. The lowest BCUT2D eigenvalue weighted by atomic mass is 10.1. The van der Waals surface area contributed by atoms with Gasteiger partial charge in [-0.2, -0.15) is 0 Å². The van der Waals surface area contributed by atoms with Gasteiger partial charge < -0.3 is 5.11 Å². The molecule has 0 aromatic carbocycles. The van der Waals surface area contributed by atoms with E-state index < -0.39 is 21.1 Å². The van der Waals surface area contributed by atoms with Crippen LogP contribution in [0.3, 0.4) is 0 Å². The number of rotatable bonds is 1. The fourth-order valence-corrected chi connectivity index (χ4v) is 3.06. The highest BCUT2D eigenvalue weighted by Crippen LogP contribution is 2.28. The Bertz CT molecular complexity index is 364. The average molecular weight is 204 g/mol. The summed E-state index contributed by atoms with van der Waals surface area (Å²) in [6.45, 7) is 3.00. The van der Waals surface area contributed by atoms with E-state index in [0.717, 1.165) is 0 Å². The summed E-state index contributed by atoms with van der Waals surface area (Å²) in [5.74, 6) is -0.951. The molecule has 1 aliphatic heterocycles. The summed E-state index contributed by atoms with van der Waals surface area (Å²) in [4.78, 5) is 10.6. The second-order valence-electron chi connectivity index (χ2n) is 3.21. The van der Waals surface area contributed by atoms with Gasteiger partial charge in [0, 0.05) is 5.57 Å². The van der Waals surface area contributed by atoms with E-state index in [2.05, 4.69) is 0 Å². The number of aliphatic carboxylic acids is 1. The predicted molar refractivity (Wildman–Crippen MR) is 48.2 cm³/mol. The van der Waals surface area contributed by atoms with Gasteiger partial charge in [0.1, 0.15) is 0 Å². The summed E-state index contributed by atoms with van der Waals surface area (Å²) in [7, 11) is -3.07. The molecule has 1 rings (SSSR count). The molecule has 13 heavy (non-hydrogen) atoms. The summed E-state index contributed by atoms with van der Waals surface area (Å²) in [6.07, 6.45) is 0.363. The van der Waals surface area contributed by atoms with Crippen LogP contribution in [0.2, 0.25) is 0 Å². The molecule has 1 heterocycles. The molecule has 0 radical (unpaired) electrons. The lowest BCUT2D eigenvalue weighted by Gasteiger charge is -2.05. The number of hydrogen-bond acceptors (Lipinski definition) is 3. The first-order valence-electron chi connectivity index (χ1n) is 4.01. The van der Waals surface area contributed by atoms with Crippen LogP contribution in [0.5, 0.6) is 0 Å². The van der Waals surface area contributed by atoms with Crippen LogP contribution in [0.4, 0.5) is 0 Å². The van der Waals surface area contributed by atoms with Crippen molar-refractivity contribution in [1.29, 1.82) is 0 Å². The Labute approximate surface area is 77.2 Å². The molecule has 0 aromatic heterocycles. The fourth-order valence-electron chi connectivity index (χ4n) is 1.48. The van der Waals surface area contributed by atoms with Crippen LogP contribution < -0.4 is 0 Å². The van der Waals surface area contributed by atoms with Gasteiger partial charge >= 0.3 is 5.97 Å². The normalized spacial score (nSPS) is 30.2. The van der Waals surface area contributed by atoms with Gasteiger partial charge in [0.15, 0.2) is 9.84 Å². The van der Waals surface area contributed by atoms with Crippen LogP contribution in [0, 0.1) is 0 Å². The van der Waals surface area contributed by atoms with Gasteiger partial charge in [0.25, 0.3) is 0 Å². The first kappa shape index (κ1) is 10.2. The van der Waals surface area contributed by atoms with Crippen LogP contribution in [-0.2, 0) is 14.6 Å². The lowest BCUT2D eigenvalue weighted by Crippen LogP contribution is -2.14. The van der Waals surface area contributed by atoms with Crippen molar-refractivity contribution in [2.75, 3.05) is 5.75 Å². The predicted octanol–water partition coefficient (Wildman–Crippen LogP) is 0.595. The standard InChI is InChI=1S/C8H12O4S/c1-5(8(9)10)7-3-4-13(11,12)6(7)2/h6H,3-4H2,1-2H3,(H,9,10)/b7-5+. The van der Waals surface area contributed by atoms with Crippen LogP contribution in [0.15, 0.2) is 11.1 Å². The van der Waals surface area contributed by atoms with E-state index in [1.807, 2.05) is 0 Å². The lowest BCUT2D eigenvalue weighted by molar-refractivity contribution is -0.132. The van der Waals surface area contributed by atoms with Crippen molar-refractivity contribution in [1.82, 2.24) is 0 Å². The zero-order valence-corrected chi connectivity index (χ0v) is 8.39. The second kappa shape index (κ2) is 3.14. The molecule has 0 amide bonds. The Hall–Kier alpha value is -0.840. The number of hydrogen-bond donors (Lipinski definition) is 1. The highest BCUT2D eigenvalue weighted by atomic mass is 32.2. The first-order chi connectivity index (χ1) is 5.86. The topological polar surface area (TPSA) is 71.4 Å². The number of sulfone groups is 1. The Kier molecular flexibility index (Phi) is 2.47. The third-order valence-corrected chi connectivity index (χ3v) is 4.62. The SMILES string of the molecule is C/C(C(=O)O)=C1/CCS(=O)(=O)C1C. The molecule has 1 atom stereocenters. The highest BCUT2D eigenvalue weighted by molar-refractivity contribution is 7.92. The zero-order chi connectivity index (χ0) is 10.2. The molecule has 1 N–H and O–H groups in total. The van der Waals surface area contributed by atoms with Crippen molar-refractivity contribution in [3.63, 3.8) is 0 Å². The molecule has 0 bridgehead atoms. The van der Waals surface area contributed by atoms with Crippen molar-refractivity contribution in [3.05, 3.63) is 11.1 Å². The van der Waals surface area contributed by atoms with E-state index in [1.54, 1.807) is 6.92 Å². The second-order valence-corrected chi connectivity index (χ2v) is 5.66. The molecule has 5 heteroatoms. The fraction of sp³-hybridized carbons (Fsp3) is 0.625. The van der Waals surface area contributed by atoms with Gasteiger partial charge in [0.2, 0.25) is 0 Å². The minimum absolute atomic E-state index is 0.0775. The van der Waals surface area contributed by atoms with E-state index in [-0.39, 0.29) is 11.3 Å². The third-order valence-electron chi connectivity index (χ3n) is 2.49. The number of carboxylic acids is 1. The summed E-state index contributed by atoms with van der Waals surface area (Å²) < 4.78 is 22.5. The minimum atomic E-state index is -3.07. The van der Waals surface area contributed by atoms with Gasteiger partial charge in [-0.15, -0.1) is 0 Å². The van der Waals surface area contributed by atoms with Crippen LogP contribution in [0.25, 0.3) is 0 Å². The molecule has 0 saturated carbocycles. The van der Waals surface area contributed by atoms with Crippen LogP contribution >= 0.6 is 0 Å². The Morgan fingerprint density at radius 3 is 2.38 bits per heavy atom.